The number of benzene rings is 1. The van der Waals surface area contributed by atoms with Gasteiger partial charge in [0.2, 0.25) is 0 Å². The van der Waals surface area contributed by atoms with Gasteiger partial charge in [0.1, 0.15) is 11.7 Å². The van der Waals surface area contributed by atoms with Crippen molar-refractivity contribution in [2.24, 2.45) is 0 Å². The van der Waals surface area contributed by atoms with Crippen molar-refractivity contribution in [3.05, 3.63) is 46.2 Å². The highest BCUT2D eigenvalue weighted by atomic mass is 16.5. The third kappa shape index (κ3) is 2.57. The first-order chi connectivity index (χ1) is 12.6. The molecule has 2 bridgehead atoms. The minimum atomic E-state index is -0.455. The fourth-order valence-electron chi connectivity index (χ4n) is 4.80. The van der Waals surface area contributed by atoms with Crippen LogP contribution in [0.25, 0.3) is 10.9 Å². The highest BCUT2D eigenvalue weighted by molar-refractivity contribution is 5.94. The molecule has 2 aliphatic heterocycles. The Morgan fingerprint density at radius 3 is 2.38 bits per heavy atom. The van der Waals surface area contributed by atoms with E-state index in [0.29, 0.717) is 12.1 Å². The number of ether oxygens (including phenoxy) is 1. The molecule has 3 fully saturated rings. The van der Waals surface area contributed by atoms with Gasteiger partial charge in [0, 0.05) is 31.0 Å². The Morgan fingerprint density at radius 1 is 1.04 bits per heavy atom. The Balaban J connectivity index is 1.46. The molecule has 5 nitrogen and oxygen atoms in total. The lowest BCUT2D eigenvalue weighted by Crippen LogP contribution is -2.43. The Kier molecular flexibility index (Phi) is 3.67. The Morgan fingerprint density at radius 2 is 1.69 bits per heavy atom. The summed E-state index contributed by atoms with van der Waals surface area (Å²) in [6.45, 7) is 0. The number of pyridine rings is 1. The second-order valence-corrected chi connectivity index (χ2v) is 8.07. The number of esters is 1. The highest BCUT2D eigenvalue weighted by Gasteiger charge is 2.40. The number of para-hydroxylation sites is 1. The quantitative estimate of drug-likeness (QED) is 0.797. The lowest BCUT2D eigenvalue weighted by Gasteiger charge is -2.35. The van der Waals surface area contributed by atoms with Crippen molar-refractivity contribution < 1.29 is 9.53 Å². The van der Waals surface area contributed by atoms with Crippen LogP contribution in [0.4, 0.5) is 0 Å². The van der Waals surface area contributed by atoms with Crippen LogP contribution < -0.4 is 5.56 Å². The SMILES string of the molecule is CN1C2CCC1CC(OC(=O)c1cc3ccccc3n(C3CC3)c1=O)C2. The van der Waals surface area contributed by atoms with Crippen LogP contribution in [0.2, 0.25) is 0 Å². The van der Waals surface area contributed by atoms with Gasteiger partial charge in [-0.1, -0.05) is 18.2 Å². The fourth-order valence-corrected chi connectivity index (χ4v) is 4.80. The molecule has 0 N–H and O–H groups in total. The van der Waals surface area contributed by atoms with E-state index in [1.807, 2.05) is 24.3 Å². The second kappa shape index (κ2) is 5.95. The van der Waals surface area contributed by atoms with Gasteiger partial charge in [-0.3, -0.25) is 4.79 Å². The van der Waals surface area contributed by atoms with Gasteiger partial charge in [-0.05, 0) is 50.2 Å². The van der Waals surface area contributed by atoms with E-state index in [0.717, 1.165) is 36.6 Å². The summed E-state index contributed by atoms with van der Waals surface area (Å²) in [5, 5.41) is 0.925. The van der Waals surface area contributed by atoms with Crippen molar-refractivity contribution in [2.45, 2.75) is 62.8 Å². The first-order valence-corrected chi connectivity index (χ1v) is 9.69. The summed E-state index contributed by atoms with van der Waals surface area (Å²) in [6, 6.07) is 10.7. The first kappa shape index (κ1) is 16.1. The van der Waals surface area contributed by atoms with Gasteiger partial charge in [0.05, 0.1) is 5.52 Å². The van der Waals surface area contributed by atoms with Crippen LogP contribution in [-0.4, -0.2) is 40.7 Å². The van der Waals surface area contributed by atoms with Gasteiger partial charge in [-0.25, -0.2) is 4.79 Å². The lowest BCUT2D eigenvalue weighted by atomic mass is 10.0. The van der Waals surface area contributed by atoms with E-state index < -0.39 is 5.97 Å². The summed E-state index contributed by atoms with van der Waals surface area (Å²) < 4.78 is 7.61. The molecule has 26 heavy (non-hydrogen) atoms. The lowest BCUT2D eigenvalue weighted by molar-refractivity contribution is -0.000638. The summed E-state index contributed by atoms with van der Waals surface area (Å²) in [5.41, 5.74) is 0.892. The largest absolute Gasteiger partial charge is 0.459 e. The normalized spacial score (nSPS) is 28.4. The molecule has 2 saturated heterocycles. The number of fused-ring (bicyclic) bond motifs is 3. The van der Waals surface area contributed by atoms with Crippen LogP contribution in [0.15, 0.2) is 35.1 Å². The second-order valence-electron chi connectivity index (χ2n) is 8.07. The molecule has 3 heterocycles. The van der Waals surface area contributed by atoms with Crippen LogP contribution >= 0.6 is 0 Å². The number of aromatic nitrogens is 1. The molecule has 1 aromatic heterocycles. The maximum atomic E-state index is 13.0. The van der Waals surface area contributed by atoms with Crippen molar-refractivity contribution in [3.8, 4) is 0 Å². The summed E-state index contributed by atoms with van der Waals surface area (Å²) >= 11 is 0. The standard InChI is InChI=1S/C21H24N2O3/c1-22-15-8-9-16(22)12-17(11-15)26-21(25)18-10-13-4-2-3-5-19(13)23(20(18)24)14-6-7-14/h2-5,10,14-17H,6-9,11-12H2,1H3. The van der Waals surface area contributed by atoms with Crippen LogP contribution in [0.5, 0.6) is 0 Å². The zero-order chi connectivity index (χ0) is 17.8. The number of hydrogen-bond acceptors (Lipinski definition) is 4. The molecule has 0 amide bonds. The van der Waals surface area contributed by atoms with Gasteiger partial charge in [-0.15, -0.1) is 0 Å². The van der Waals surface area contributed by atoms with E-state index in [1.165, 1.54) is 12.8 Å². The molecule has 0 radical (unpaired) electrons. The fraction of sp³-hybridized carbons (Fsp3) is 0.524. The van der Waals surface area contributed by atoms with E-state index in [9.17, 15) is 9.59 Å². The molecule has 1 saturated carbocycles. The van der Waals surface area contributed by atoms with E-state index >= 15 is 0 Å². The smallest absolute Gasteiger partial charge is 0.344 e. The highest BCUT2D eigenvalue weighted by Crippen LogP contribution is 2.37. The van der Waals surface area contributed by atoms with Crippen molar-refractivity contribution in [1.29, 1.82) is 0 Å². The molecule has 2 unspecified atom stereocenters. The zero-order valence-electron chi connectivity index (χ0n) is 15.1. The van der Waals surface area contributed by atoms with E-state index in [-0.39, 0.29) is 23.3 Å². The Labute approximate surface area is 152 Å². The van der Waals surface area contributed by atoms with Gasteiger partial charge in [0.15, 0.2) is 0 Å². The van der Waals surface area contributed by atoms with Gasteiger partial charge < -0.3 is 14.2 Å². The molecule has 5 rings (SSSR count). The number of carbonyl (C=O) groups excluding carboxylic acids is 1. The molecule has 136 valence electrons. The molecule has 3 aliphatic rings. The average Bonchev–Trinajstić information content (AvgIpc) is 3.43. The Bertz CT molecular complexity index is 916. The number of carbonyl (C=O) groups is 1. The molecule has 2 atom stereocenters. The maximum Gasteiger partial charge on any atom is 0.344 e. The van der Waals surface area contributed by atoms with E-state index in [2.05, 4.69) is 11.9 Å². The number of piperidine rings is 1. The van der Waals surface area contributed by atoms with E-state index in [4.69, 9.17) is 4.74 Å². The average molecular weight is 352 g/mol. The third-order valence-electron chi connectivity index (χ3n) is 6.41. The molecule has 1 aromatic carbocycles. The number of rotatable bonds is 3. The number of nitrogens with zero attached hydrogens (tertiary/aromatic N) is 2. The predicted molar refractivity (Wildman–Crippen MR) is 99.5 cm³/mol. The van der Waals surface area contributed by atoms with E-state index in [1.54, 1.807) is 10.6 Å². The first-order valence-electron chi connectivity index (χ1n) is 9.69. The minimum Gasteiger partial charge on any atom is -0.459 e. The maximum absolute atomic E-state index is 13.0. The molecule has 5 heteroatoms. The summed E-state index contributed by atoms with van der Waals surface area (Å²) in [6.07, 6.45) is 6.05. The van der Waals surface area contributed by atoms with Gasteiger partial charge in [-0.2, -0.15) is 0 Å². The van der Waals surface area contributed by atoms with Crippen LogP contribution in [-0.2, 0) is 4.74 Å². The summed E-state index contributed by atoms with van der Waals surface area (Å²) in [7, 11) is 2.16. The third-order valence-corrected chi connectivity index (χ3v) is 6.41. The van der Waals surface area contributed by atoms with Gasteiger partial charge in [0.25, 0.3) is 5.56 Å². The van der Waals surface area contributed by atoms with Crippen molar-refractivity contribution >= 4 is 16.9 Å². The molecule has 1 aliphatic carbocycles. The predicted octanol–water partition coefficient (Wildman–Crippen LogP) is 3.12. The summed E-state index contributed by atoms with van der Waals surface area (Å²) in [4.78, 5) is 28.3. The van der Waals surface area contributed by atoms with Gasteiger partial charge >= 0.3 is 5.97 Å². The van der Waals surface area contributed by atoms with Crippen LogP contribution in [0.1, 0.15) is 54.9 Å². The van der Waals surface area contributed by atoms with Crippen molar-refractivity contribution in [1.82, 2.24) is 9.47 Å². The molecule has 2 aromatic rings. The van der Waals surface area contributed by atoms with Crippen molar-refractivity contribution in [2.75, 3.05) is 7.05 Å². The summed E-state index contributed by atoms with van der Waals surface area (Å²) in [5.74, 6) is -0.455. The van der Waals surface area contributed by atoms with Crippen LogP contribution in [0, 0.1) is 0 Å². The van der Waals surface area contributed by atoms with Crippen LogP contribution in [0.3, 0.4) is 0 Å². The molecule has 0 spiro atoms. The monoisotopic (exact) mass is 352 g/mol. The minimum absolute atomic E-state index is 0.0727. The number of hydrogen-bond donors (Lipinski definition) is 0. The molecular weight excluding hydrogens is 328 g/mol. The topological polar surface area (TPSA) is 51.5 Å². The molecular formula is C21H24N2O3. The van der Waals surface area contributed by atoms with Crippen molar-refractivity contribution in [3.63, 3.8) is 0 Å². The Hall–Kier alpha value is -2.14. The zero-order valence-corrected chi connectivity index (χ0v) is 15.1.